The molecular weight excluding hydrogens is 457 g/mol. The third-order valence-corrected chi connectivity index (χ3v) is 6.70. The number of carbonyl (C=O) groups is 1. The van der Waals surface area contributed by atoms with Crippen LogP contribution in [0, 0.1) is 6.92 Å². The number of hydrogen-bond donors (Lipinski definition) is 2. The van der Waals surface area contributed by atoms with E-state index < -0.39 is 0 Å². The number of methoxy groups -OCH3 is 1. The molecule has 2 heterocycles. The molecule has 2 amide bonds. The second-order valence-corrected chi connectivity index (χ2v) is 9.08. The molecule has 33 heavy (non-hydrogen) atoms. The zero-order valence-electron chi connectivity index (χ0n) is 18.3. The van der Waals surface area contributed by atoms with Crippen molar-refractivity contribution < 1.29 is 9.53 Å². The van der Waals surface area contributed by atoms with Crippen LogP contribution < -0.4 is 10.1 Å². The Kier molecular flexibility index (Phi) is 5.69. The van der Waals surface area contributed by atoms with Gasteiger partial charge in [-0.2, -0.15) is 0 Å². The van der Waals surface area contributed by atoms with Crippen LogP contribution in [0.15, 0.2) is 60.7 Å². The number of amides is 2. The lowest BCUT2D eigenvalue weighted by Crippen LogP contribution is -2.43. The number of ether oxygens (including phenoxy) is 1. The number of anilines is 1. The summed E-state index contributed by atoms with van der Waals surface area (Å²) in [7, 11) is 1.64. The smallest absolute Gasteiger partial charge is 0.322 e. The van der Waals surface area contributed by atoms with Crippen LogP contribution in [0.1, 0.15) is 28.4 Å². The first-order valence-electron chi connectivity index (χ1n) is 10.7. The first kappa shape index (κ1) is 21.7. The van der Waals surface area contributed by atoms with E-state index in [1.54, 1.807) is 7.11 Å². The average molecular weight is 480 g/mol. The topological polar surface area (TPSA) is 57.4 Å². The second-order valence-electron chi connectivity index (χ2n) is 8.24. The fourth-order valence-electron chi connectivity index (χ4n) is 4.52. The third kappa shape index (κ3) is 4.03. The monoisotopic (exact) mass is 479 g/mol. The van der Waals surface area contributed by atoms with Crippen molar-refractivity contribution in [2.45, 2.75) is 19.4 Å². The molecule has 7 heteroatoms. The lowest BCUT2D eigenvalue weighted by Gasteiger charge is -2.36. The highest BCUT2D eigenvalue weighted by molar-refractivity contribution is 6.33. The van der Waals surface area contributed by atoms with Crippen molar-refractivity contribution >= 4 is 45.8 Å². The van der Waals surface area contributed by atoms with Gasteiger partial charge in [0.25, 0.3) is 0 Å². The summed E-state index contributed by atoms with van der Waals surface area (Å²) in [6.07, 6.45) is 0.720. The summed E-state index contributed by atoms with van der Waals surface area (Å²) in [5, 5.41) is 5.30. The van der Waals surface area contributed by atoms with E-state index in [0.29, 0.717) is 22.3 Å². The molecule has 3 aromatic carbocycles. The molecule has 0 bridgehead atoms. The number of urea groups is 1. The highest BCUT2D eigenvalue weighted by Gasteiger charge is 2.35. The number of nitrogens with one attached hydrogen (secondary N) is 2. The maximum absolute atomic E-state index is 13.5. The van der Waals surface area contributed by atoms with E-state index in [-0.39, 0.29) is 12.1 Å². The molecule has 0 spiro atoms. The molecule has 1 atom stereocenters. The number of hydrogen-bond acceptors (Lipinski definition) is 2. The van der Waals surface area contributed by atoms with Gasteiger partial charge in [-0.15, -0.1) is 0 Å². The number of halogens is 2. The van der Waals surface area contributed by atoms with E-state index in [2.05, 4.69) is 10.3 Å². The van der Waals surface area contributed by atoms with Gasteiger partial charge < -0.3 is 19.9 Å². The summed E-state index contributed by atoms with van der Waals surface area (Å²) in [5.41, 5.74) is 5.80. The molecule has 0 radical (unpaired) electrons. The van der Waals surface area contributed by atoms with Crippen LogP contribution in [-0.2, 0) is 6.42 Å². The van der Waals surface area contributed by atoms with Gasteiger partial charge in [-0.05, 0) is 72.5 Å². The van der Waals surface area contributed by atoms with Crippen molar-refractivity contribution in [3.63, 3.8) is 0 Å². The van der Waals surface area contributed by atoms with E-state index in [9.17, 15) is 4.79 Å². The van der Waals surface area contributed by atoms with Crippen LogP contribution in [0.25, 0.3) is 10.9 Å². The molecule has 1 aliphatic rings. The molecule has 2 N–H and O–H groups in total. The Hall–Kier alpha value is -3.15. The number of fused-ring (bicyclic) bond motifs is 3. The summed E-state index contributed by atoms with van der Waals surface area (Å²) in [6, 6.07) is 18.8. The summed E-state index contributed by atoms with van der Waals surface area (Å²) in [4.78, 5) is 18.9. The zero-order chi connectivity index (χ0) is 23.1. The lowest BCUT2D eigenvalue weighted by molar-refractivity contribution is 0.193. The first-order chi connectivity index (χ1) is 15.9. The van der Waals surface area contributed by atoms with Gasteiger partial charge in [0.2, 0.25) is 0 Å². The number of aryl methyl sites for hydroxylation is 1. The minimum atomic E-state index is -0.296. The number of carbonyl (C=O) groups excluding carboxylic acids is 1. The number of nitrogens with zero attached hydrogens (tertiary/aromatic N) is 1. The predicted molar refractivity (Wildman–Crippen MR) is 134 cm³/mol. The minimum absolute atomic E-state index is 0.205. The molecule has 5 nitrogen and oxygen atoms in total. The molecular formula is C26H23Cl2N3O2. The zero-order valence-corrected chi connectivity index (χ0v) is 19.8. The minimum Gasteiger partial charge on any atom is -0.497 e. The number of benzene rings is 3. The van der Waals surface area contributed by atoms with Crippen LogP contribution in [-0.4, -0.2) is 29.6 Å². The van der Waals surface area contributed by atoms with Gasteiger partial charge in [0.1, 0.15) is 5.75 Å². The number of rotatable bonds is 3. The quantitative estimate of drug-likeness (QED) is 0.333. The Balaban J connectivity index is 1.58. The Morgan fingerprint density at radius 3 is 2.61 bits per heavy atom. The molecule has 1 aromatic heterocycles. The van der Waals surface area contributed by atoms with Gasteiger partial charge >= 0.3 is 6.03 Å². The standard InChI is InChI=1S/C26H23Cl2N3O2/c1-15-3-9-23(21(28)13-15)30-26(32)31-12-11-19-20-14-17(27)6-10-22(20)29-24(19)25(31)16-4-7-18(33-2)8-5-16/h3-10,13-14,25,29H,11-12H2,1-2H3,(H,30,32). The van der Waals surface area contributed by atoms with E-state index >= 15 is 0 Å². The normalized spacial score (nSPS) is 15.4. The Labute approximate surface area is 202 Å². The molecule has 0 fully saturated rings. The Morgan fingerprint density at radius 1 is 1.09 bits per heavy atom. The first-order valence-corrected chi connectivity index (χ1v) is 11.5. The fraction of sp³-hybridized carbons (Fsp3) is 0.192. The van der Waals surface area contributed by atoms with E-state index in [0.717, 1.165) is 39.9 Å². The molecule has 168 valence electrons. The largest absolute Gasteiger partial charge is 0.497 e. The number of aromatic amines is 1. The van der Waals surface area contributed by atoms with Gasteiger partial charge in [-0.1, -0.05) is 41.4 Å². The molecule has 1 aliphatic heterocycles. The summed E-state index contributed by atoms with van der Waals surface area (Å²) in [6.45, 7) is 2.52. The molecule has 0 aliphatic carbocycles. The van der Waals surface area contributed by atoms with Crippen LogP contribution in [0.2, 0.25) is 10.0 Å². The number of aromatic nitrogens is 1. The number of H-pyrrole nitrogens is 1. The van der Waals surface area contributed by atoms with Crippen LogP contribution in [0.3, 0.4) is 0 Å². The van der Waals surface area contributed by atoms with Gasteiger partial charge in [-0.3, -0.25) is 0 Å². The summed E-state index contributed by atoms with van der Waals surface area (Å²) < 4.78 is 5.33. The van der Waals surface area contributed by atoms with E-state index in [1.165, 1.54) is 5.56 Å². The molecule has 1 unspecified atom stereocenters. The maximum atomic E-state index is 13.5. The highest BCUT2D eigenvalue weighted by Crippen LogP contribution is 2.40. The molecule has 0 saturated heterocycles. The van der Waals surface area contributed by atoms with Gasteiger partial charge in [0.05, 0.1) is 23.9 Å². The van der Waals surface area contributed by atoms with Gasteiger partial charge in [0, 0.05) is 28.2 Å². The summed E-state index contributed by atoms with van der Waals surface area (Å²) >= 11 is 12.7. The SMILES string of the molecule is COc1ccc(C2c3[nH]c4ccc(Cl)cc4c3CCN2C(=O)Nc2ccc(C)cc2Cl)cc1. The second kappa shape index (κ2) is 8.65. The van der Waals surface area contributed by atoms with E-state index in [1.807, 2.05) is 72.5 Å². The van der Waals surface area contributed by atoms with Gasteiger partial charge in [-0.25, -0.2) is 4.79 Å². The van der Waals surface area contributed by atoms with Crippen molar-refractivity contribution in [1.29, 1.82) is 0 Å². The van der Waals surface area contributed by atoms with Crippen molar-refractivity contribution in [3.05, 3.63) is 93.1 Å². The van der Waals surface area contributed by atoms with Crippen molar-refractivity contribution in [2.24, 2.45) is 0 Å². The fourth-order valence-corrected chi connectivity index (χ4v) is 4.98. The maximum Gasteiger partial charge on any atom is 0.322 e. The third-order valence-electron chi connectivity index (χ3n) is 6.15. The van der Waals surface area contributed by atoms with Crippen LogP contribution >= 0.6 is 23.2 Å². The lowest BCUT2D eigenvalue weighted by atomic mass is 9.92. The highest BCUT2D eigenvalue weighted by atomic mass is 35.5. The molecule has 4 aromatic rings. The van der Waals surface area contributed by atoms with Crippen LogP contribution in [0.5, 0.6) is 5.75 Å². The Bertz CT molecular complexity index is 1350. The molecule has 5 rings (SSSR count). The average Bonchev–Trinajstić information content (AvgIpc) is 3.18. The summed E-state index contributed by atoms with van der Waals surface area (Å²) in [5.74, 6) is 0.764. The van der Waals surface area contributed by atoms with Crippen molar-refractivity contribution in [2.75, 3.05) is 19.0 Å². The Morgan fingerprint density at radius 2 is 1.88 bits per heavy atom. The van der Waals surface area contributed by atoms with E-state index in [4.69, 9.17) is 27.9 Å². The van der Waals surface area contributed by atoms with Gasteiger partial charge in [0.15, 0.2) is 0 Å². The van der Waals surface area contributed by atoms with Crippen molar-refractivity contribution in [1.82, 2.24) is 9.88 Å². The van der Waals surface area contributed by atoms with Crippen molar-refractivity contribution in [3.8, 4) is 5.75 Å². The predicted octanol–water partition coefficient (Wildman–Crippen LogP) is 6.97. The molecule has 0 saturated carbocycles. The van der Waals surface area contributed by atoms with Crippen LogP contribution in [0.4, 0.5) is 10.5 Å².